The summed E-state index contributed by atoms with van der Waals surface area (Å²) in [5.41, 5.74) is 4.51. The number of hydrogen-bond donors (Lipinski definition) is 1. The summed E-state index contributed by atoms with van der Waals surface area (Å²) < 4.78 is 13.4. The van der Waals surface area contributed by atoms with E-state index in [0.717, 1.165) is 16.9 Å². The lowest BCUT2D eigenvalue weighted by molar-refractivity contribution is 0.0992. The van der Waals surface area contributed by atoms with Crippen molar-refractivity contribution in [2.45, 2.75) is 33.9 Å². The molecule has 0 aliphatic rings. The standard InChI is InChI=1S/C25H25N3O3/c1-17-7-4-5-10-20(17)15-28-14-13-23(27-28)26-25(29)22-12-11-21(31-22)16-30-24-18(2)8-6-9-19(24)3/h4-14H,15-16H2,1-3H3,(H,26,27,29). The Morgan fingerprint density at radius 3 is 2.48 bits per heavy atom. The number of benzene rings is 2. The molecule has 6 heteroatoms. The Morgan fingerprint density at radius 2 is 1.71 bits per heavy atom. The van der Waals surface area contributed by atoms with E-state index in [4.69, 9.17) is 9.15 Å². The monoisotopic (exact) mass is 415 g/mol. The molecule has 4 aromatic rings. The molecule has 2 aromatic carbocycles. The van der Waals surface area contributed by atoms with E-state index in [1.807, 2.05) is 50.4 Å². The number of amides is 1. The zero-order valence-corrected chi connectivity index (χ0v) is 17.9. The van der Waals surface area contributed by atoms with Gasteiger partial charge in [0.05, 0.1) is 6.54 Å². The number of ether oxygens (including phenoxy) is 1. The molecule has 1 N–H and O–H groups in total. The fraction of sp³-hybridized carbons (Fsp3) is 0.200. The molecular formula is C25H25N3O3. The molecule has 1 amide bonds. The third-order valence-corrected chi connectivity index (χ3v) is 5.13. The Morgan fingerprint density at radius 1 is 0.968 bits per heavy atom. The van der Waals surface area contributed by atoms with E-state index in [0.29, 0.717) is 18.1 Å². The summed E-state index contributed by atoms with van der Waals surface area (Å²) in [6, 6.07) is 19.3. The first kappa shape index (κ1) is 20.5. The third kappa shape index (κ3) is 4.86. The summed E-state index contributed by atoms with van der Waals surface area (Å²) in [4.78, 5) is 12.5. The zero-order valence-electron chi connectivity index (χ0n) is 17.9. The largest absolute Gasteiger partial charge is 0.485 e. The van der Waals surface area contributed by atoms with Crippen LogP contribution in [0.3, 0.4) is 0 Å². The molecule has 158 valence electrons. The number of aryl methyl sites for hydroxylation is 3. The molecule has 2 heterocycles. The second-order valence-electron chi connectivity index (χ2n) is 7.55. The van der Waals surface area contributed by atoms with Gasteiger partial charge in [-0.2, -0.15) is 5.10 Å². The third-order valence-electron chi connectivity index (χ3n) is 5.13. The van der Waals surface area contributed by atoms with E-state index in [2.05, 4.69) is 29.5 Å². The quantitative estimate of drug-likeness (QED) is 0.446. The lowest BCUT2D eigenvalue weighted by Crippen LogP contribution is -2.12. The maximum Gasteiger partial charge on any atom is 0.292 e. The van der Waals surface area contributed by atoms with Gasteiger partial charge in [0, 0.05) is 12.3 Å². The van der Waals surface area contributed by atoms with Crippen LogP contribution in [0.4, 0.5) is 5.82 Å². The molecule has 0 spiro atoms. The molecule has 0 aliphatic carbocycles. The van der Waals surface area contributed by atoms with Gasteiger partial charge in [0.15, 0.2) is 11.6 Å². The number of rotatable bonds is 7. The summed E-state index contributed by atoms with van der Waals surface area (Å²) in [6.45, 7) is 6.97. The van der Waals surface area contributed by atoms with Gasteiger partial charge in [-0.3, -0.25) is 9.48 Å². The van der Waals surface area contributed by atoms with E-state index in [9.17, 15) is 4.79 Å². The zero-order chi connectivity index (χ0) is 21.8. The number of carbonyl (C=O) groups is 1. The van der Waals surface area contributed by atoms with Gasteiger partial charge in [0.25, 0.3) is 5.91 Å². The number of carbonyl (C=O) groups excluding carboxylic acids is 1. The molecule has 31 heavy (non-hydrogen) atoms. The second kappa shape index (κ2) is 8.92. The van der Waals surface area contributed by atoms with Gasteiger partial charge in [-0.1, -0.05) is 42.5 Å². The lowest BCUT2D eigenvalue weighted by atomic mass is 10.1. The van der Waals surface area contributed by atoms with Crippen LogP contribution in [0, 0.1) is 20.8 Å². The van der Waals surface area contributed by atoms with Gasteiger partial charge in [-0.05, 0) is 55.2 Å². The number of anilines is 1. The smallest absolute Gasteiger partial charge is 0.292 e. The lowest BCUT2D eigenvalue weighted by Gasteiger charge is -2.10. The normalized spacial score (nSPS) is 10.8. The molecule has 0 bridgehead atoms. The molecule has 0 unspecified atom stereocenters. The van der Waals surface area contributed by atoms with E-state index >= 15 is 0 Å². The molecule has 0 aliphatic heterocycles. The molecule has 6 nitrogen and oxygen atoms in total. The Balaban J connectivity index is 1.36. The molecule has 2 aromatic heterocycles. The van der Waals surface area contributed by atoms with Crippen molar-refractivity contribution in [2.75, 3.05) is 5.32 Å². The number of nitrogens with zero attached hydrogens (tertiary/aromatic N) is 2. The highest BCUT2D eigenvalue weighted by atomic mass is 16.5. The minimum absolute atomic E-state index is 0.216. The van der Waals surface area contributed by atoms with Crippen molar-refractivity contribution in [1.29, 1.82) is 0 Å². The van der Waals surface area contributed by atoms with Crippen molar-refractivity contribution in [3.8, 4) is 5.75 Å². The van der Waals surface area contributed by atoms with Crippen LogP contribution in [-0.2, 0) is 13.2 Å². The van der Waals surface area contributed by atoms with Crippen LogP contribution >= 0.6 is 0 Å². The van der Waals surface area contributed by atoms with Crippen molar-refractivity contribution in [2.24, 2.45) is 0 Å². The molecule has 0 radical (unpaired) electrons. The van der Waals surface area contributed by atoms with Crippen LogP contribution in [0.1, 0.15) is 38.6 Å². The van der Waals surface area contributed by atoms with Crippen molar-refractivity contribution < 1.29 is 13.9 Å². The Hall–Kier alpha value is -3.80. The summed E-state index contributed by atoms with van der Waals surface area (Å²) in [6.07, 6.45) is 1.84. The first-order valence-electron chi connectivity index (χ1n) is 10.2. The predicted octanol–water partition coefficient (Wildman–Crippen LogP) is 5.28. The topological polar surface area (TPSA) is 69.3 Å². The van der Waals surface area contributed by atoms with Gasteiger partial charge >= 0.3 is 0 Å². The molecule has 0 fully saturated rings. The van der Waals surface area contributed by atoms with E-state index in [1.54, 1.807) is 22.9 Å². The number of para-hydroxylation sites is 1. The molecule has 0 saturated heterocycles. The van der Waals surface area contributed by atoms with Gasteiger partial charge in [-0.25, -0.2) is 0 Å². The number of furan rings is 1. The maximum absolute atomic E-state index is 12.5. The second-order valence-corrected chi connectivity index (χ2v) is 7.55. The maximum atomic E-state index is 12.5. The van der Waals surface area contributed by atoms with Crippen LogP contribution in [0.15, 0.2) is 71.3 Å². The number of nitrogens with one attached hydrogen (secondary N) is 1. The van der Waals surface area contributed by atoms with Crippen LogP contribution in [0.25, 0.3) is 0 Å². The molecular weight excluding hydrogens is 390 g/mol. The summed E-state index contributed by atoms with van der Waals surface area (Å²) in [5.74, 6) is 1.76. The highest BCUT2D eigenvalue weighted by Gasteiger charge is 2.14. The van der Waals surface area contributed by atoms with Gasteiger partial charge in [0.2, 0.25) is 0 Å². The minimum Gasteiger partial charge on any atom is -0.485 e. The van der Waals surface area contributed by atoms with Crippen LogP contribution in [0.2, 0.25) is 0 Å². The van der Waals surface area contributed by atoms with Crippen molar-refractivity contribution >= 4 is 11.7 Å². The fourth-order valence-corrected chi connectivity index (χ4v) is 3.40. The van der Waals surface area contributed by atoms with Crippen LogP contribution in [0.5, 0.6) is 5.75 Å². The van der Waals surface area contributed by atoms with Gasteiger partial charge in [0.1, 0.15) is 18.1 Å². The predicted molar refractivity (Wildman–Crippen MR) is 119 cm³/mol. The summed E-state index contributed by atoms with van der Waals surface area (Å²) in [7, 11) is 0. The van der Waals surface area contributed by atoms with Crippen LogP contribution in [-0.4, -0.2) is 15.7 Å². The van der Waals surface area contributed by atoms with E-state index in [1.165, 1.54) is 11.1 Å². The average molecular weight is 415 g/mol. The number of aromatic nitrogens is 2. The van der Waals surface area contributed by atoms with Gasteiger partial charge < -0.3 is 14.5 Å². The Bertz CT molecular complexity index is 1190. The minimum atomic E-state index is -0.348. The van der Waals surface area contributed by atoms with E-state index < -0.39 is 0 Å². The summed E-state index contributed by atoms with van der Waals surface area (Å²) >= 11 is 0. The Labute approximate surface area is 181 Å². The van der Waals surface area contributed by atoms with E-state index in [-0.39, 0.29) is 18.3 Å². The highest BCUT2D eigenvalue weighted by Crippen LogP contribution is 2.24. The highest BCUT2D eigenvalue weighted by molar-refractivity contribution is 6.01. The first-order chi connectivity index (χ1) is 15.0. The molecule has 0 saturated carbocycles. The fourth-order valence-electron chi connectivity index (χ4n) is 3.40. The van der Waals surface area contributed by atoms with Crippen molar-refractivity contribution in [3.63, 3.8) is 0 Å². The molecule has 4 rings (SSSR count). The van der Waals surface area contributed by atoms with Crippen molar-refractivity contribution in [3.05, 3.63) is 101 Å². The average Bonchev–Trinajstić information content (AvgIpc) is 3.39. The SMILES string of the molecule is Cc1ccccc1Cn1ccc(NC(=O)c2ccc(COc3c(C)cccc3C)o2)n1. The van der Waals surface area contributed by atoms with Crippen LogP contribution < -0.4 is 10.1 Å². The van der Waals surface area contributed by atoms with Gasteiger partial charge in [-0.15, -0.1) is 0 Å². The molecule has 0 atom stereocenters. The summed E-state index contributed by atoms with van der Waals surface area (Å²) in [5, 5.41) is 7.21. The van der Waals surface area contributed by atoms with Crippen molar-refractivity contribution in [1.82, 2.24) is 9.78 Å². The number of hydrogen-bond acceptors (Lipinski definition) is 4. The first-order valence-corrected chi connectivity index (χ1v) is 10.2. The Kier molecular flexibility index (Phi) is 5.89.